The van der Waals surface area contributed by atoms with E-state index in [1.165, 1.54) is 37.7 Å². The number of rotatable bonds is 4. The highest BCUT2D eigenvalue weighted by atomic mass is 14.7. The van der Waals surface area contributed by atoms with Gasteiger partial charge in [0.1, 0.15) is 0 Å². The van der Waals surface area contributed by atoms with Crippen molar-refractivity contribution in [3.63, 3.8) is 0 Å². The number of benzene rings is 1. The van der Waals surface area contributed by atoms with E-state index in [-0.39, 0.29) is 5.54 Å². The van der Waals surface area contributed by atoms with Crippen LogP contribution in [0.2, 0.25) is 0 Å². The van der Waals surface area contributed by atoms with Gasteiger partial charge in [0, 0.05) is 5.54 Å². The summed E-state index contributed by atoms with van der Waals surface area (Å²) < 4.78 is 0. The predicted molar refractivity (Wildman–Crippen MR) is 78.9 cm³/mol. The summed E-state index contributed by atoms with van der Waals surface area (Å²) in [6.07, 6.45) is 9.16. The zero-order chi connectivity index (χ0) is 13.0. The van der Waals surface area contributed by atoms with E-state index in [1.807, 2.05) is 0 Å². The van der Waals surface area contributed by atoms with E-state index in [0.29, 0.717) is 0 Å². The Morgan fingerprint density at radius 3 is 2.22 bits per heavy atom. The number of aryl methyl sites for hydroxylation is 1. The largest absolute Gasteiger partial charge is 0.326 e. The van der Waals surface area contributed by atoms with E-state index in [0.717, 1.165) is 18.8 Å². The first-order valence-electron chi connectivity index (χ1n) is 7.42. The van der Waals surface area contributed by atoms with Gasteiger partial charge in [-0.05, 0) is 56.6 Å². The minimum Gasteiger partial charge on any atom is -0.326 e. The highest BCUT2D eigenvalue weighted by molar-refractivity contribution is 5.26. The van der Waals surface area contributed by atoms with Gasteiger partial charge in [-0.25, -0.2) is 0 Å². The third kappa shape index (κ3) is 4.13. The van der Waals surface area contributed by atoms with E-state index in [9.17, 15) is 0 Å². The first-order chi connectivity index (χ1) is 8.54. The van der Waals surface area contributed by atoms with Crippen LogP contribution in [-0.4, -0.2) is 5.54 Å². The Morgan fingerprint density at radius 1 is 1.06 bits per heavy atom. The fourth-order valence-electron chi connectivity index (χ4n) is 2.86. The van der Waals surface area contributed by atoms with Crippen LogP contribution in [-0.2, 0) is 6.42 Å². The van der Waals surface area contributed by atoms with Gasteiger partial charge in [-0.1, -0.05) is 43.5 Å². The van der Waals surface area contributed by atoms with Crippen molar-refractivity contribution in [2.45, 2.75) is 70.3 Å². The first kappa shape index (κ1) is 13.6. The van der Waals surface area contributed by atoms with Crippen molar-refractivity contribution >= 4 is 0 Å². The normalized spacial score (nSPS) is 17.9. The SMILES string of the molecule is CC(C)(N)CCc1ccc(C2CCCCC2)cc1. The lowest BCUT2D eigenvalue weighted by atomic mass is 9.83. The summed E-state index contributed by atoms with van der Waals surface area (Å²) in [6.45, 7) is 4.20. The van der Waals surface area contributed by atoms with Crippen molar-refractivity contribution < 1.29 is 0 Å². The third-order valence-corrected chi connectivity index (χ3v) is 4.11. The van der Waals surface area contributed by atoms with Crippen LogP contribution >= 0.6 is 0 Å². The Morgan fingerprint density at radius 2 is 1.67 bits per heavy atom. The van der Waals surface area contributed by atoms with E-state index in [1.54, 1.807) is 5.56 Å². The van der Waals surface area contributed by atoms with E-state index in [2.05, 4.69) is 38.1 Å². The molecule has 0 atom stereocenters. The van der Waals surface area contributed by atoms with E-state index >= 15 is 0 Å². The molecule has 1 aliphatic rings. The monoisotopic (exact) mass is 245 g/mol. The summed E-state index contributed by atoms with van der Waals surface area (Å²) in [7, 11) is 0. The molecule has 0 bridgehead atoms. The zero-order valence-corrected chi connectivity index (χ0v) is 11.9. The van der Waals surface area contributed by atoms with Crippen molar-refractivity contribution in [1.29, 1.82) is 0 Å². The number of nitrogens with two attached hydrogens (primary N) is 1. The molecule has 1 aromatic rings. The van der Waals surface area contributed by atoms with Crippen LogP contribution in [0.15, 0.2) is 24.3 Å². The molecule has 0 aliphatic heterocycles. The summed E-state index contributed by atoms with van der Waals surface area (Å²) >= 11 is 0. The molecular formula is C17H27N. The van der Waals surface area contributed by atoms with Gasteiger partial charge in [0.05, 0.1) is 0 Å². The van der Waals surface area contributed by atoms with Crippen LogP contribution in [0.4, 0.5) is 0 Å². The van der Waals surface area contributed by atoms with E-state index < -0.39 is 0 Å². The Balaban J connectivity index is 1.92. The average Bonchev–Trinajstić information content (AvgIpc) is 2.37. The molecule has 1 nitrogen and oxygen atoms in total. The highest BCUT2D eigenvalue weighted by Crippen LogP contribution is 2.32. The van der Waals surface area contributed by atoms with Crippen molar-refractivity contribution in [3.05, 3.63) is 35.4 Å². The van der Waals surface area contributed by atoms with Gasteiger partial charge in [0.2, 0.25) is 0 Å². The first-order valence-corrected chi connectivity index (χ1v) is 7.42. The van der Waals surface area contributed by atoms with Gasteiger partial charge in [0.25, 0.3) is 0 Å². The molecule has 0 spiro atoms. The van der Waals surface area contributed by atoms with Crippen molar-refractivity contribution in [2.75, 3.05) is 0 Å². The molecule has 1 fully saturated rings. The topological polar surface area (TPSA) is 26.0 Å². The van der Waals surface area contributed by atoms with Crippen molar-refractivity contribution in [1.82, 2.24) is 0 Å². The zero-order valence-electron chi connectivity index (χ0n) is 11.9. The standard InChI is InChI=1S/C17H27N/c1-17(2,18)13-12-14-8-10-16(11-9-14)15-6-4-3-5-7-15/h8-11,15H,3-7,12-13,18H2,1-2H3. The maximum Gasteiger partial charge on any atom is 0.0100 e. The third-order valence-electron chi connectivity index (χ3n) is 4.11. The molecule has 1 aliphatic carbocycles. The average molecular weight is 245 g/mol. The molecule has 18 heavy (non-hydrogen) atoms. The van der Waals surface area contributed by atoms with Crippen LogP contribution in [0.5, 0.6) is 0 Å². The molecule has 2 N–H and O–H groups in total. The van der Waals surface area contributed by atoms with Gasteiger partial charge in [-0.15, -0.1) is 0 Å². The molecule has 0 aromatic heterocycles. The Bertz CT molecular complexity index is 352. The van der Waals surface area contributed by atoms with Crippen LogP contribution in [0, 0.1) is 0 Å². The quantitative estimate of drug-likeness (QED) is 0.835. The van der Waals surface area contributed by atoms with Gasteiger partial charge in [0.15, 0.2) is 0 Å². The Labute approximate surface area is 112 Å². The summed E-state index contributed by atoms with van der Waals surface area (Å²) in [4.78, 5) is 0. The lowest BCUT2D eigenvalue weighted by Crippen LogP contribution is -2.32. The molecule has 0 saturated heterocycles. The predicted octanol–water partition coefficient (Wildman–Crippen LogP) is 4.40. The molecule has 1 heteroatoms. The van der Waals surface area contributed by atoms with Crippen LogP contribution < -0.4 is 5.73 Å². The molecule has 100 valence electrons. The van der Waals surface area contributed by atoms with Gasteiger partial charge >= 0.3 is 0 Å². The maximum atomic E-state index is 6.03. The van der Waals surface area contributed by atoms with Gasteiger partial charge < -0.3 is 5.73 Å². The van der Waals surface area contributed by atoms with E-state index in [4.69, 9.17) is 5.73 Å². The maximum absolute atomic E-state index is 6.03. The van der Waals surface area contributed by atoms with Crippen LogP contribution in [0.25, 0.3) is 0 Å². The highest BCUT2D eigenvalue weighted by Gasteiger charge is 2.15. The summed E-state index contributed by atoms with van der Waals surface area (Å²) in [5.41, 5.74) is 8.95. The fraction of sp³-hybridized carbons (Fsp3) is 0.647. The second-order valence-corrected chi connectivity index (χ2v) is 6.57. The number of hydrogen-bond acceptors (Lipinski definition) is 1. The lowest BCUT2D eigenvalue weighted by Gasteiger charge is -2.22. The van der Waals surface area contributed by atoms with Crippen LogP contribution in [0.3, 0.4) is 0 Å². The lowest BCUT2D eigenvalue weighted by molar-refractivity contribution is 0.443. The second kappa shape index (κ2) is 5.88. The molecule has 0 heterocycles. The molecule has 0 unspecified atom stereocenters. The summed E-state index contributed by atoms with van der Waals surface area (Å²) in [5, 5.41) is 0. The molecule has 2 rings (SSSR count). The second-order valence-electron chi connectivity index (χ2n) is 6.57. The number of hydrogen-bond donors (Lipinski definition) is 1. The molecule has 1 aromatic carbocycles. The molecule has 1 saturated carbocycles. The minimum atomic E-state index is -0.0535. The Hall–Kier alpha value is -0.820. The van der Waals surface area contributed by atoms with Crippen LogP contribution in [0.1, 0.15) is 69.4 Å². The molecule has 0 radical (unpaired) electrons. The molecular weight excluding hydrogens is 218 g/mol. The summed E-state index contributed by atoms with van der Waals surface area (Å²) in [5.74, 6) is 0.818. The minimum absolute atomic E-state index is 0.0535. The Kier molecular flexibility index (Phi) is 4.45. The van der Waals surface area contributed by atoms with Gasteiger partial charge in [-0.2, -0.15) is 0 Å². The smallest absolute Gasteiger partial charge is 0.0100 e. The molecule has 0 amide bonds. The summed E-state index contributed by atoms with van der Waals surface area (Å²) in [6, 6.07) is 9.29. The van der Waals surface area contributed by atoms with Crippen molar-refractivity contribution in [2.24, 2.45) is 5.73 Å². The van der Waals surface area contributed by atoms with Crippen molar-refractivity contribution in [3.8, 4) is 0 Å². The van der Waals surface area contributed by atoms with Gasteiger partial charge in [-0.3, -0.25) is 0 Å². The fourth-order valence-corrected chi connectivity index (χ4v) is 2.86.